The van der Waals surface area contributed by atoms with Crippen LogP contribution in [0, 0.1) is 6.92 Å². The van der Waals surface area contributed by atoms with Crippen LogP contribution in [-0.4, -0.2) is 23.1 Å². The number of amides is 1. The summed E-state index contributed by atoms with van der Waals surface area (Å²) >= 11 is 1.47. The van der Waals surface area contributed by atoms with Crippen LogP contribution in [-0.2, 0) is 11.2 Å². The van der Waals surface area contributed by atoms with E-state index in [1.807, 2.05) is 25.1 Å². The highest BCUT2D eigenvalue weighted by molar-refractivity contribution is 7.15. The molecule has 2 heterocycles. The average molecular weight is 380 g/mol. The molecule has 0 fully saturated rings. The minimum absolute atomic E-state index is 0.256. The van der Waals surface area contributed by atoms with Gasteiger partial charge in [-0.2, -0.15) is 0 Å². The lowest BCUT2D eigenvalue weighted by atomic mass is 10.1. The number of carbonyl (C=O) groups excluding carboxylic acids is 1. The zero-order valence-corrected chi connectivity index (χ0v) is 16.0. The fourth-order valence-corrected chi connectivity index (χ4v) is 3.79. The lowest BCUT2D eigenvalue weighted by molar-refractivity contribution is -0.128. The number of anilines is 1. The Morgan fingerprint density at radius 2 is 1.81 bits per heavy atom. The lowest BCUT2D eigenvalue weighted by Gasteiger charge is -2.30. The van der Waals surface area contributed by atoms with E-state index in [2.05, 4.69) is 41.5 Å². The summed E-state index contributed by atoms with van der Waals surface area (Å²) in [5, 5.41) is 3.42. The third kappa shape index (κ3) is 3.95. The molecule has 5 nitrogen and oxygen atoms in total. The summed E-state index contributed by atoms with van der Waals surface area (Å²) < 4.78 is 11.6. The summed E-state index contributed by atoms with van der Waals surface area (Å²) in [6.45, 7) is 3.89. The Bertz CT molecular complexity index is 952. The summed E-state index contributed by atoms with van der Waals surface area (Å²) in [4.78, 5) is 18.1. The molecule has 0 radical (unpaired) electrons. The molecule has 4 rings (SSSR count). The smallest absolute Gasteiger partial charge is 0.271 e. The molecule has 0 spiro atoms. The van der Waals surface area contributed by atoms with Gasteiger partial charge in [0.1, 0.15) is 6.10 Å². The predicted molar refractivity (Wildman–Crippen MR) is 106 cm³/mol. The number of nitrogens with zero attached hydrogens (tertiary/aromatic N) is 1. The number of ether oxygens (including phenoxy) is 2. The van der Waals surface area contributed by atoms with Crippen molar-refractivity contribution >= 4 is 22.4 Å². The number of nitrogens with one attached hydrogen (secondary N) is 1. The second kappa shape index (κ2) is 7.40. The van der Waals surface area contributed by atoms with E-state index in [0.717, 1.165) is 11.3 Å². The van der Waals surface area contributed by atoms with Crippen LogP contribution in [0.25, 0.3) is 0 Å². The summed E-state index contributed by atoms with van der Waals surface area (Å²) in [6, 6.07) is 15.8. The molecule has 2 aromatic carbocycles. The first-order valence-electron chi connectivity index (χ1n) is 8.82. The van der Waals surface area contributed by atoms with Gasteiger partial charge in [-0.15, -0.1) is 11.3 Å². The molecule has 0 unspecified atom stereocenters. The molecule has 0 aliphatic carbocycles. The van der Waals surface area contributed by atoms with Crippen molar-refractivity contribution in [2.45, 2.75) is 32.5 Å². The maximum atomic E-state index is 12.6. The van der Waals surface area contributed by atoms with Crippen LogP contribution >= 0.6 is 11.3 Å². The Morgan fingerprint density at radius 3 is 2.56 bits per heavy atom. The van der Waals surface area contributed by atoms with Gasteiger partial charge in [0.15, 0.2) is 16.6 Å². The van der Waals surface area contributed by atoms with E-state index in [1.54, 1.807) is 12.3 Å². The predicted octanol–water partition coefficient (Wildman–Crippen LogP) is 4.21. The third-order valence-corrected chi connectivity index (χ3v) is 5.30. The van der Waals surface area contributed by atoms with Crippen molar-refractivity contribution in [3.8, 4) is 11.5 Å². The normalized spacial score (nSPS) is 18.1. The van der Waals surface area contributed by atoms with Crippen LogP contribution in [0.15, 0.2) is 54.7 Å². The van der Waals surface area contributed by atoms with Crippen LogP contribution in [0.3, 0.4) is 0 Å². The van der Waals surface area contributed by atoms with E-state index in [4.69, 9.17) is 9.47 Å². The first-order valence-corrected chi connectivity index (χ1v) is 9.63. The van der Waals surface area contributed by atoms with Gasteiger partial charge in [0, 0.05) is 17.5 Å². The standard InChI is InChI=1S/C21H20N2O3S/c1-13-7-9-15(10-8-13)11-16-12-22-21(27-16)23-20(24)19-14(2)25-17-5-3-4-6-18(17)26-19/h3-10,12,14,19H,11H2,1-2H3,(H,22,23,24)/t14-,19-/m0/s1. The number of para-hydroxylation sites is 2. The quantitative estimate of drug-likeness (QED) is 0.737. The first-order chi connectivity index (χ1) is 13.1. The minimum Gasteiger partial charge on any atom is -0.482 e. The van der Waals surface area contributed by atoms with E-state index in [0.29, 0.717) is 16.6 Å². The van der Waals surface area contributed by atoms with E-state index < -0.39 is 6.10 Å². The topological polar surface area (TPSA) is 60.5 Å². The number of hydrogen-bond acceptors (Lipinski definition) is 5. The Balaban J connectivity index is 1.41. The van der Waals surface area contributed by atoms with Crippen LogP contribution in [0.2, 0.25) is 0 Å². The zero-order chi connectivity index (χ0) is 18.8. The highest BCUT2D eigenvalue weighted by Crippen LogP contribution is 2.34. The monoisotopic (exact) mass is 380 g/mol. The molecule has 0 saturated carbocycles. The van der Waals surface area contributed by atoms with Crippen LogP contribution < -0.4 is 14.8 Å². The fourth-order valence-electron chi connectivity index (χ4n) is 2.94. The number of benzene rings is 2. The Hall–Kier alpha value is -2.86. The number of thiazole rings is 1. The van der Waals surface area contributed by atoms with Gasteiger partial charge < -0.3 is 9.47 Å². The number of aromatic nitrogens is 1. The molecule has 1 aliphatic rings. The van der Waals surface area contributed by atoms with Gasteiger partial charge in [-0.25, -0.2) is 4.98 Å². The molecule has 1 aliphatic heterocycles. The van der Waals surface area contributed by atoms with E-state index in [1.165, 1.54) is 22.5 Å². The Labute approximate surface area is 162 Å². The molecule has 27 heavy (non-hydrogen) atoms. The molecule has 6 heteroatoms. The molecule has 0 saturated heterocycles. The van der Waals surface area contributed by atoms with Crippen molar-refractivity contribution in [1.82, 2.24) is 4.98 Å². The molecular weight excluding hydrogens is 360 g/mol. The van der Waals surface area contributed by atoms with Crippen molar-refractivity contribution in [2.24, 2.45) is 0 Å². The first kappa shape index (κ1) is 17.5. The van der Waals surface area contributed by atoms with Crippen molar-refractivity contribution in [3.05, 3.63) is 70.7 Å². The van der Waals surface area contributed by atoms with Gasteiger partial charge in [-0.1, -0.05) is 42.0 Å². The maximum absolute atomic E-state index is 12.6. The van der Waals surface area contributed by atoms with Gasteiger partial charge >= 0.3 is 0 Å². The van der Waals surface area contributed by atoms with Gasteiger partial charge in [-0.05, 0) is 31.5 Å². The average Bonchev–Trinajstić information content (AvgIpc) is 3.09. The molecule has 1 aromatic heterocycles. The number of fused-ring (bicyclic) bond motifs is 1. The number of aryl methyl sites for hydroxylation is 1. The van der Waals surface area contributed by atoms with E-state index in [-0.39, 0.29) is 12.0 Å². The van der Waals surface area contributed by atoms with Crippen LogP contribution in [0.5, 0.6) is 11.5 Å². The largest absolute Gasteiger partial charge is 0.482 e. The SMILES string of the molecule is Cc1ccc(Cc2cnc(NC(=O)[C@H]3Oc4ccccc4O[C@H]3C)s2)cc1. The fraction of sp³-hybridized carbons (Fsp3) is 0.238. The van der Waals surface area contributed by atoms with E-state index in [9.17, 15) is 4.79 Å². The summed E-state index contributed by atoms with van der Waals surface area (Å²) in [7, 11) is 0. The third-order valence-electron chi connectivity index (χ3n) is 4.38. The molecule has 1 amide bonds. The molecular formula is C21H20N2O3S. The highest BCUT2D eigenvalue weighted by Gasteiger charge is 2.34. The number of hydrogen-bond donors (Lipinski definition) is 1. The molecule has 138 valence electrons. The lowest BCUT2D eigenvalue weighted by Crippen LogP contribution is -2.46. The van der Waals surface area contributed by atoms with Gasteiger partial charge in [-0.3, -0.25) is 10.1 Å². The van der Waals surface area contributed by atoms with Crippen molar-refractivity contribution in [2.75, 3.05) is 5.32 Å². The van der Waals surface area contributed by atoms with Gasteiger partial charge in [0.25, 0.3) is 5.91 Å². The summed E-state index contributed by atoms with van der Waals surface area (Å²) in [5.41, 5.74) is 2.46. The molecule has 2 atom stereocenters. The summed E-state index contributed by atoms with van der Waals surface area (Å²) in [5.74, 6) is 0.979. The second-order valence-electron chi connectivity index (χ2n) is 6.59. The Kier molecular flexibility index (Phi) is 4.81. The minimum atomic E-state index is -0.718. The maximum Gasteiger partial charge on any atom is 0.271 e. The highest BCUT2D eigenvalue weighted by atomic mass is 32.1. The zero-order valence-electron chi connectivity index (χ0n) is 15.1. The van der Waals surface area contributed by atoms with Gasteiger partial charge in [0.05, 0.1) is 0 Å². The summed E-state index contributed by atoms with van der Waals surface area (Å²) in [6.07, 6.45) is 1.49. The van der Waals surface area contributed by atoms with Crippen molar-refractivity contribution in [3.63, 3.8) is 0 Å². The molecule has 0 bridgehead atoms. The van der Waals surface area contributed by atoms with Crippen LogP contribution in [0.4, 0.5) is 5.13 Å². The Morgan fingerprint density at radius 1 is 1.11 bits per heavy atom. The second-order valence-corrected chi connectivity index (χ2v) is 7.71. The van der Waals surface area contributed by atoms with Crippen LogP contribution in [0.1, 0.15) is 22.9 Å². The van der Waals surface area contributed by atoms with Crippen molar-refractivity contribution < 1.29 is 14.3 Å². The van der Waals surface area contributed by atoms with Gasteiger partial charge in [0.2, 0.25) is 6.10 Å². The van der Waals surface area contributed by atoms with E-state index >= 15 is 0 Å². The molecule has 1 N–H and O–H groups in total. The number of carbonyl (C=O) groups is 1. The van der Waals surface area contributed by atoms with Crippen molar-refractivity contribution in [1.29, 1.82) is 0 Å². The number of rotatable bonds is 4. The molecule has 3 aromatic rings.